The Hall–Kier alpha value is -2.01. The van der Waals surface area contributed by atoms with Gasteiger partial charge in [-0.2, -0.15) is 5.26 Å². The second kappa shape index (κ2) is 6.18. The molecule has 0 spiro atoms. The van der Waals surface area contributed by atoms with E-state index in [-0.39, 0.29) is 16.5 Å². The minimum atomic E-state index is -3.78. The molecule has 1 aromatic carbocycles. The van der Waals surface area contributed by atoms with Crippen molar-refractivity contribution in [1.82, 2.24) is 14.7 Å². The van der Waals surface area contributed by atoms with E-state index < -0.39 is 10.0 Å². The summed E-state index contributed by atoms with van der Waals surface area (Å²) in [6, 6.07) is 7.52. The summed E-state index contributed by atoms with van der Waals surface area (Å²) in [5, 5.41) is 8.75. The Bertz CT molecular complexity index is 815. The van der Waals surface area contributed by atoms with E-state index in [1.807, 2.05) is 6.07 Å². The van der Waals surface area contributed by atoms with Gasteiger partial charge in [-0.15, -0.1) is 0 Å². The number of hydrogen-bond donors (Lipinski definition) is 1. The summed E-state index contributed by atoms with van der Waals surface area (Å²) in [6.07, 6.45) is 1.56. The molecule has 0 fully saturated rings. The van der Waals surface area contributed by atoms with Crippen molar-refractivity contribution in [3.63, 3.8) is 0 Å². The van der Waals surface area contributed by atoms with Crippen LogP contribution in [0.5, 0.6) is 0 Å². The Morgan fingerprint density at radius 2 is 2.14 bits per heavy atom. The highest BCUT2D eigenvalue weighted by atomic mass is 35.5. The molecule has 6 nitrogen and oxygen atoms in total. The maximum Gasteiger partial charge on any atom is 0.242 e. The lowest BCUT2D eigenvalue weighted by Crippen LogP contribution is -2.24. The topological polar surface area (TPSA) is 95.7 Å². The van der Waals surface area contributed by atoms with Gasteiger partial charge in [-0.25, -0.2) is 23.1 Å². The molecule has 108 valence electrons. The van der Waals surface area contributed by atoms with Crippen molar-refractivity contribution in [2.24, 2.45) is 0 Å². The number of aryl methyl sites for hydroxylation is 1. The molecule has 0 radical (unpaired) electrons. The fourth-order valence-electron chi connectivity index (χ4n) is 1.64. The minimum Gasteiger partial charge on any atom is -0.242 e. The van der Waals surface area contributed by atoms with Crippen LogP contribution < -0.4 is 4.72 Å². The highest BCUT2D eigenvalue weighted by Gasteiger charge is 2.18. The van der Waals surface area contributed by atoms with E-state index in [0.717, 1.165) is 0 Å². The first-order valence-corrected chi connectivity index (χ1v) is 7.76. The van der Waals surface area contributed by atoms with Gasteiger partial charge in [0.25, 0.3) is 0 Å². The lowest BCUT2D eigenvalue weighted by Gasteiger charge is -2.08. The van der Waals surface area contributed by atoms with Crippen LogP contribution in [0.3, 0.4) is 0 Å². The zero-order valence-electron chi connectivity index (χ0n) is 11.0. The minimum absolute atomic E-state index is 0.000387. The third-order valence-electron chi connectivity index (χ3n) is 2.63. The second-order valence-corrected chi connectivity index (χ2v) is 6.32. The van der Waals surface area contributed by atoms with Gasteiger partial charge in [-0.05, 0) is 31.2 Å². The fourth-order valence-corrected chi connectivity index (χ4v) is 3.18. The molecule has 0 aliphatic rings. The maximum absolute atomic E-state index is 12.2. The molecule has 1 N–H and O–H groups in total. The summed E-state index contributed by atoms with van der Waals surface area (Å²) in [6.45, 7) is 1.75. The molecule has 1 heterocycles. The van der Waals surface area contributed by atoms with Crippen molar-refractivity contribution in [3.8, 4) is 6.07 Å². The molecule has 0 amide bonds. The predicted molar refractivity (Wildman–Crippen MR) is 77.0 cm³/mol. The molecule has 2 rings (SSSR count). The summed E-state index contributed by atoms with van der Waals surface area (Å²) in [4.78, 5) is 7.97. The van der Waals surface area contributed by atoms with Crippen LogP contribution >= 0.6 is 11.6 Å². The number of sulfonamides is 1. The van der Waals surface area contributed by atoms with Crippen LogP contribution in [0.1, 0.15) is 17.1 Å². The Morgan fingerprint density at radius 3 is 2.76 bits per heavy atom. The van der Waals surface area contributed by atoms with Crippen LogP contribution in [0.4, 0.5) is 0 Å². The molecule has 0 saturated carbocycles. The summed E-state index contributed by atoms with van der Waals surface area (Å²) in [5.41, 5.74) is 0.848. The normalized spacial score (nSPS) is 11.1. The number of nitriles is 1. The van der Waals surface area contributed by atoms with E-state index in [4.69, 9.17) is 16.9 Å². The van der Waals surface area contributed by atoms with E-state index in [9.17, 15) is 8.42 Å². The molecule has 0 unspecified atom stereocenters. The number of rotatable bonds is 4. The van der Waals surface area contributed by atoms with Crippen LogP contribution in [0.2, 0.25) is 5.02 Å². The average molecular weight is 323 g/mol. The van der Waals surface area contributed by atoms with Crippen LogP contribution in [-0.2, 0) is 16.6 Å². The van der Waals surface area contributed by atoms with Crippen molar-refractivity contribution in [2.75, 3.05) is 0 Å². The molecule has 2 aromatic rings. The molecule has 8 heteroatoms. The zero-order valence-corrected chi connectivity index (χ0v) is 12.6. The van der Waals surface area contributed by atoms with Gasteiger partial charge in [0.1, 0.15) is 10.7 Å². The molecule has 21 heavy (non-hydrogen) atoms. The first-order valence-electron chi connectivity index (χ1n) is 5.90. The Kier molecular flexibility index (Phi) is 4.53. The maximum atomic E-state index is 12.2. The molecule has 0 saturated heterocycles. The third-order valence-corrected chi connectivity index (χ3v) is 4.51. The van der Waals surface area contributed by atoms with Gasteiger partial charge >= 0.3 is 0 Å². The van der Waals surface area contributed by atoms with Gasteiger partial charge in [-0.1, -0.05) is 11.6 Å². The molecule has 0 aliphatic heterocycles. The van der Waals surface area contributed by atoms with Gasteiger partial charge < -0.3 is 0 Å². The summed E-state index contributed by atoms with van der Waals surface area (Å²) < 4.78 is 26.8. The van der Waals surface area contributed by atoms with Gasteiger partial charge in [0.15, 0.2) is 0 Å². The first-order chi connectivity index (χ1) is 9.92. The van der Waals surface area contributed by atoms with Crippen molar-refractivity contribution >= 4 is 21.6 Å². The van der Waals surface area contributed by atoms with E-state index in [1.54, 1.807) is 19.2 Å². The number of halogens is 1. The second-order valence-electron chi connectivity index (χ2n) is 4.18. The largest absolute Gasteiger partial charge is 0.242 e. The SMILES string of the molecule is Cc1nccc(CNS(=O)(=O)c2ccc(C#N)cc2Cl)n1. The smallest absolute Gasteiger partial charge is 0.242 e. The van der Waals surface area contributed by atoms with Crippen LogP contribution in [-0.4, -0.2) is 18.4 Å². The first kappa shape index (κ1) is 15.4. The quantitative estimate of drug-likeness (QED) is 0.925. The van der Waals surface area contributed by atoms with Crippen molar-refractivity contribution in [3.05, 3.63) is 52.6 Å². The monoisotopic (exact) mass is 322 g/mol. The standard InChI is InChI=1S/C13H11ClN4O2S/c1-9-16-5-4-11(18-9)8-17-21(19,20)13-3-2-10(7-15)6-12(13)14/h2-6,17H,8H2,1H3. The van der Waals surface area contributed by atoms with E-state index in [1.165, 1.54) is 18.2 Å². The third kappa shape index (κ3) is 3.76. The van der Waals surface area contributed by atoms with Crippen molar-refractivity contribution < 1.29 is 8.42 Å². The summed E-state index contributed by atoms with van der Waals surface area (Å²) >= 11 is 5.90. The lowest BCUT2D eigenvalue weighted by molar-refractivity contribution is 0.580. The van der Waals surface area contributed by atoms with Gasteiger partial charge in [0.2, 0.25) is 10.0 Å². The predicted octanol–water partition coefficient (Wildman–Crippen LogP) is 1.79. The Morgan fingerprint density at radius 1 is 1.38 bits per heavy atom. The van der Waals surface area contributed by atoms with E-state index in [2.05, 4.69) is 14.7 Å². The molecule has 0 atom stereocenters. The lowest BCUT2D eigenvalue weighted by atomic mass is 10.2. The summed E-state index contributed by atoms with van der Waals surface area (Å²) in [7, 11) is -3.78. The van der Waals surface area contributed by atoms with Crippen molar-refractivity contribution in [2.45, 2.75) is 18.4 Å². The number of nitrogens with one attached hydrogen (secondary N) is 1. The number of hydrogen-bond acceptors (Lipinski definition) is 5. The zero-order chi connectivity index (χ0) is 15.5. The van der Waals surface area contributed by atoms with Crippen molar-refractivity contribution in [1.29, 1.82) is 5.26 Å². The van der Waals surface area contributed by atoms with Gasteiger partial charge in [-0.3, -0.25) is 0 Å². The average Bonchev–Trinajstić information content (AvgIpc) is 2.45. The molecule has 0 aliphatic carbocycles. The van der Waals surface area contributed by atoms with Gasteiger partial charge in [0.05, 0.1) is 28.9 Å². The molecular formula is C13H11ClN4O2S. The fraction of sp³-hybridized carbons (Fsp3) is 0.154. The Labute approximate surface area is 127 Å². The van der Waals surface area contributed by atoms with E-state index >= 15 is 0 Å². The van der Waals surface area contributed by atoms with Crippen LogP contribution in [0.25, 0.3) is 0 Å². The van der Waals surface area contributed by atoms with Gasteiger partial charge in [0, 0.05) is 6.20 Å². The Balaban J connectivity index is 2.21. The highest BCUT2D eigenvalue weighted by Crippen LogP contribution is 2.22. The summed E-state index contributed by atoms with van der Waals surface area (Å²) in [5.74, 6) is 0.558. The highest BCUT2D eigenvalue weighted by molar-refractivity contribution is 7.89. The van der Waals surface area contributed by atoms with Crippen LogP contribution in [0, 0.1) is 18.3 Å². The molecular weight excluding hydrogens is 312 g/mol. The molecule has 1 aromatic heterocycles. The number of benzene rings is 1. The molecule has 0 bridgehead atoms. The number of aromatic nitrogens is 2. The number of nitrogens with zero attached hydrogens (tertiary/aromatic N) is 3. The van der Waals surface area contributed by atoms with E-state index in [0.29, 0.717) is 17.1 Å². The van der Waals surface area contributed by atoms with Crippen LogP contribution in [0.15, 0.2) is 35.4 Å².